The topological polar surface area (TPSA) is 44.8 Å². The highest BCUT2D eigenvalue weighted by molar-refractivity contribution is 5.89. The number of methoxy groups -OCH3 is 1. The van der Waals surface area contributed by atoms with E-state index in [2.05, 4.69) is 6.58 Å². The van der Waals surface area contributed by atoms with Gasteiger partial charge in [0.05, 0.1) is 11.7 Å². The van der Waals surface area contributed by atoms with Gasteiger partial charge in [-0.15, -0.1) is 6.58 Å². The van der Waals surface area contributed by atoms with Gasteiger partial charge in [0.15, 0.2) is 0 Å². The third-order valence-electron chi connectivity index (χ3n) is 2.26. The second-order valence-electron chi connectivity index (χ2n) is 3.68. The Morgan fingerprint density at radius 1 is 1.39 bits per heavy atom. The normalized spacial score (nSPS) is 11.8. The summed E-state index contributed by atoms with van der Waals surface area (Å²) in [5, 5.41) is 0. The van der Waals surface area contributed by atoms with E-state index in [9.17, 15) is 4.79 Å². The molecule has 0 saturated heterocycles. The molecule has 0 fully saturated rings. The molecule has 0 heterocycles. The van der Waals surface area contributed by atoms with Gasteiger partial charge >= 0.3 is 5.97 Å². The van der Waals surface area contributed by atoms with Crippen LogP contribution in [0.3, 0.4) is 0 Å². The summed E-state index contributed by atoms with van der Waals surface area (Å²) >= 11 is 0. The van der Waals surface area contributed by atoms with Crippen LogP contribution in [-0.2, 0) is 14.2 Å². The molecule has 1 aromatic carbocycles. The number of hydrogen-bond donors (Lipinski definition) is 0. The van der Waals surface area contributed by atoms with E-state index in [1.54, 1.807) is 37.5 Å². The Kier molecular flexibility index (Phi) is 6.76. The monoisotopic (exact) mass is 250 g/mol. The van der Waals surface area contributed by atoms with Gasteiger partial charge in [-0.3, -0.25) is 0 Å². The van der Waals surface area contributed by atoms with E-state index in [1.165, 1.54) is 0 Å². The molecule has 18 heavy (non-hydrogen) atoms. The standard InChI is InChI=1S/C14H18O4/c1-3-7-13(18-11-16-2)10-17-14(15)12-8-5-4-6-9-12/h3-6,8-9,13H,1,7,10-11H2,2H3/t13-/m1/s1. The molecule has 0 saturated carbocycles. The Morgan fingerprint density at radius 3 is 2.72 bits per heavy atom. The van der Waals surface area contributed by atoms with Gasteiger partial charge in [-0.05, 0) is 18.6 Å². The van der Waals surface area contributed by atoms with E-state index >= 15 is 0 Å². The van der Waals surface area contributed by atoms with Crippen LogP contribution in [0.1, 0.15) is 16.8 Å². The highest BCUT2D eigenvalue weighted by Crippen LogP contribution is 2.05. The van der Waals surface area contributed by atoms with E-state index < -0.39 is 0 Å². The van der Waals surface area contributed by atoms with E-state index in [4.69, 9.17) is 14.2 Å². The first-order valence-corrected chi connectivity index (χ1v) is 5.71. The molecule has 0 radical (unpaired) electrons. The van der Waals surface area contributed by atoms with Gasteiger partial charge < -0.3 is 14.2 Å². The highest BCUT2D eigenvalue weighted by atomic mass is 16.7. The Bertz CT molecular complexity index is 361. The van der Waals surface area contributed by atoms with Crippen molar-refractivity contribution in [3.63, 3.8) is 0 Å². The lowest BCUT2D eigenvalue weighted by molar-refractivity contribution is -0.0882. The maximum atomic E-state index is 11.7. The third kappa shape index (κ3) is 5.12. The Balaban J connectivity index is 2.41. The molecule has 1 rings (SSSR count). The first-order chi connectivity index (χ1) is 8.77. The molecule has 0 aliphatic rings. The van der Waals surface area contributed by atoms with Crippen LogP contribution in [0.4, 0.5) is 0 Å². The van der Waals surface area contributed by atoms with Crippen molar-refractivity contribution in [1.82, 2.24) is 0 Å². The molecule has 0 aliphatic heterocycles. The predicted molar refractivity (Wildman–Crippen MR) is 68.3 cm³/mol. The Labute approximate surface area is 107 Å². The van der Waals surface area contributed by atoms with Crippen molar-refractivity contribution in [2.75, 3.05) is 20.5 Å². The van der Waals surface area contributed by atoms with E-state index in [0.717, 1.165) is 0 Å². The van der Waals surface area contributed by atoms with Crippen molar-refractivity contribution in [2.24, 2.45) is 0 Å². The summed E-state index contributed by atoms with van der Waals surface area (Å²) < 4.78 is 15.3. The van der Waals surface area contributed by atoms with E-state index in [-0.39, 0.29) is 25.5 Å². The molecule has 0 spiro atoms. The van der Waals surface area contributed by atoms with Gasteiger partial charge in [0.2, 0.25) is 0 Å². The second-order valence-corrected chi connectivity index (χ2v) is 3.68. The van der Waals surface area contributed by atoms with E-state index in [1.807, 2.05) is 6.07 Å². The average Bonchev–Trinajstić information content (AvgIpc) is 2.42. The molecule has 4 nitrogen and oxygen atoms in total. The fourth-order valence-electron chi connectivity index (χ4n) is 1.36. The lowest BCUT2D eigenvalue weighted by atomic mass is 10.2. The van der Waals surface area contributed by atoms with Gasteiger partial charge in [-0.2, -0.15) is 0 Å². The highest BCUT2D eigenvalue weighted by Gasteiger charge is 2.12. The third-order valence-corrected chi connectivity index (χ3v) is 2.26. The lowest BCUT2D eigenvalue weighted by Gasteiger charge is -2.15. The molecule has 0 N–H and O–H groups in total. The Hall–Kier alpha value is -1.65. The molecule has 0 aromatic heterocycles. The molecule has 0 unspecified atom stereocenters. The summed E-state index contributed by atoms with van der Waals surface area (Å²) in [6.45, 7) is 3.98. The van der Waals surface area contributed by atoms with Gasteiger partial charge in [-0.25, -0.2) is 4.79 Å². The van der Waals surface area contributed by atoms with Crippen molar-refractivity contribution in [2.45, 2.75) is 12.5 Å². The zero-order valence-corrected chi connectivity index (χ0v) is 10.5. The second kappa shape index (κ2) is 8.44. The van der Waals surface area contributed by atoms with Crippen LogP contribution in [0.15, 0.2) is 43.0 Å². The van der Waals surface area contributed by atoms with Crippen molar-refractivity contribution in [1.29, 1.82) is 0 Å². The van der Waals surface area contributed by atoms with Crippen LogP contribution in [0.25, 0.3) is 0 Å². The molecule has 0 bridgehead atoms. The van der Waals surface area contributed by atoms with Crippen LogP contribution in [0.2, 0.25) is 0 Å². The van der Waals surface area contributed by atoms with Gasteiger partial charge in [0, 0.05) is 7.11 Å². The number of hydrogen-bond acceptors (Lipinski definition) is 4. The minimum Gasteiger partial charge on any atom is -0.459 e. The molecule has 0 aliphatic carbocycles. The maximum absolute atomic E-state index is 11.7. The van der Waals surface area contributed by atoms with Crippen LogP contribution in [0.5, 0.6) is 0 Å². The van der Waals surface area contributed by atoms with Crippen LogP contribution < -0.4 is 0 Å². The Morgan fingerprint density at radius 2 is 2.11 bits per heavy atom. The summed E-state index contributed by atoms with van der Waals surface area (Å²) in [6.07, 6.45) is 2.09. The fraction of sp³-hybridized carbons (Fsp3) is 0.357. The van der Waals surface area contributed by atoms with Crippen molar-refractivity contribution in [3.05, 3.63) is 48.6 Å². The molecule has 1 atom stereocenters. The SMILES string of the molecule is C=CC[C@H](COC(=O)c1ccccc1)OCOC. The molecule has 0 amide bonds. The minimum absolute atomic E-state index is 0.168. The summed E-state index contributed by atoms with van der Waals surface area (Å²) in [7, 11) is 1.54. The first kappa shape index (κ1) is 14.4. The summed E-state index contributed by atoms with van der Waals surface area (Å²) in [5.74, 6) is -0.356. The number of carbonyl (C=O) groups is 1. The minimum atomic E-state index is -0.356. The number of esters is 1. The zero-order valence-electron chi connectivity index (χ0n) is 10.5. The predicted octanol–water partition coefficient (Wildman–Crippen LogP) is 2.41. The first-order valence-electron chi connectivity index (χ1n) is 5.71. The van der Waals surface area contributed by atoms with Crippen molar-refractivity contribution < 1.29 is 19.0 Å². The van der Waals surface area contributed by atoms with Crippen molar-refractivity contribution >= 4 is 5.97 Å². The number of benzene rings is 1. The molecule has 98 valence electrons. The van der Waals surface area contributed by atoms with Gasteiger partial charge in [0.25, 0.3) is 0 Å². The smallest absolute Gasteiger partial charge is 0.338 e. The maximum Gasteiger partial charge on any atom is 0.338 e. The largest absolute Gasteiger partial charge is 0.459 e. The average molecular weight is 250 g/mol. The van der Waals surface area contributed by atoms with E-state index in [0.29, 0.717) is 12.0 Å². The molecule has 4 heteroatoms. The van der Waals surface area contributed by atoms with Crippen LogP contribution in [0, 0.1) is 0 Å². The van der Waals surface area contributed by atoms with Crippen LogP contribution in [-0.4, -0.2) is 32.6 Å². The summed E-state index contributed by atoms with van der Waals surface area (Å²) in [6, 6.07) is 8.85. The molecular formula is C14H18O4. The lowest BCUT2D eigenvalue weighted by Crippen LogP contribution is -2.22. The number of ether oxygens (including phenoxy) is 3. The summed E-state index contributed by atoms with van der Waals surface area (Å²) in [4.78, 5) is 11.7. The molecule has 1 aromatic rings. The number of rotatable bonds is 8. The van der Waals surface area contributed by atoms with Gasteiger partial charge in [-0.1, -0.05) is 24.3 Å². The van der Waals surface area contributed by atoms with Crippen LogP contribution >= 0.6 is 0 Å². The van der Waals surface area contributed by atoms with Crippen molar-refractivity contribution in [3.8, 4) is 0 Å². The summed E-state index contributed by atoms with van der Waals surface area (Å²) in [5.41, 5.74) is 0.529. The zero-order chi connectivity index (χ0) is 13.2. The quantitative estimate of drug-likeness (QED) is 0.404. The number of carbonyl (C=O) groups excluding carboxylic acids is 1. The fourth-order valence-corrected chi connectivity index (χ4v) is 1.36. The van der Waals surface area contributed by atoms with Gasteiger partial charge in [0.1, 0.15) is 13.4 Å². The molecular weight excluding hydrogens is 232 g/mol.